The maximum atomic E-state index is 14.8. The Balaban J connectivity index is 1.94. The highest BCUT2D eigenvalue weighted by molar-refractivity contribution is 7.88. The third-order valence-electron chi connectivity index (χ3n) is 6.83. The summed E-state index contributed by atoms with van der Waals surface area (Å²) in [6.07, 6.45) is -5.94. The van der Waals surface area contributed by atoms with Crippen molar-refractivity contribution in [1.29, 1.82) is 0 Å². The van der Waals surface area contributed by atoms with Crippen LogP contribution in [0.1, 0.15) is 38.5 Å². The minimum atomic E-state index is -7.86. The first-order chi connectivity index (χ1) is 14.9. The van der Waals surface area contributed by atoms with Gasteiger partial charge in [-0.3, -0.25) is 4.55 Å². The SMILES string of the molecule is O=C(OCC12CC3CC(CC(O)(C3)C1)C2)C(F)(C(F)(F)C(F)(F)C(F)(F)C(F)(F)F)S(=O)(=O)O. The van der Waals surface area contributed by atoms with Crippen LogP contribution in [0.3, 0.4) is 0 Å². The molecule has 0 heterocycles. The van der Waals surface area contributed by atoms with Gasteiger partial charge in [0.1, 0.15) is 0 Å². The Kier molecular flexibility index (Phi) is 5.87. The summed E-state index contributed by atoms with van der Waals surface area (Å²) in [5, 5.41) is 3.84. The van der Waals surface area contributed by atoms with Crippen LogP contribution in [-0.4, -0.2) is 65.2 Å². The molecular weight excluding hydrogens is 522 g/mol. The van der Waals surface area contributed by atoms with Crippen molar-refractivity contribution in [2.45, 2.75) is 73.1 Å². The molecule has 2 N–H and O–H groups in total. The number of hydrogen-bond donors (Lipinski definition) is 2. The molecule has 4 bridgehead atoms. The predicted molar refractivity (Wildman–Crippen MR) is 89.3 cm³/mol. The highest BCUT2D eigenvalue weighted by Crippen LogP contribution is 2.62. The monoisotopic (exact) mass is 540 g/mol. The molecule has 17 heteroatoms. The van der Waals surface area contributed by atoms with Crippen molar-refractivity contribution in [3.63, 3.8) is 0 Å². The highest BCUT2D eigenvalue weighted by atomic mass is 32.2. The normalized spacial score (nSPS) is 34.1. The average Bonchev–Trinajstić information content (AvgIpc) is 2.61. The zero-order valence-corrected chi connectivity index (χ0v) is 17.6. The molecule has 0 radical (unpaired) electrons. The van der Waals surface area contributed by atoms with Crippen molar-refractivity contribution in [3.8, 4) is 0 Å². The first-order valence-corrected chi connectivity index (χ1v) is 11.1. The van der Waals surface area contributed by atoms with Gasteiger partial charge in [0.2, 0.25) is 0 Å². The summed E-state index contributed by atoms with van der Waals surface area (Å²) >= 11 is 0. The Labute approximate surface area is 185 Å². The summed E-state index contributed by atoms with van der Waals surface area (Å²) in [6.45, 7) is -1.14. The third kappa shape index (κ3) is 3.67. The van der Waals surface area contributed by atoms with E-state index in [-0.39, 0.29) is 31.1 Å². The summed E-state index contributed by atoms with van der Waals surface area (Å²) in [4.78, 5) is 12.0. The van der Waals surface area contributed by atoms with Crippen LogP contribution in [0, 0.1) is 17.3 Å². The van der Waals surface area contributed by atoms with Crippen LogP contribution < -0.4 is 0 Å². The summed E-state index contributed by atoms with van der Waals surface area (Å²) in [6, 6.07) is 0. The van der Waals surface area contributed by atoms with E-state index in [1.54, 1.807) is 0 Å². The largest absolute Gasteiger partial charge is 0.462 e. The molecule has 34 heavy (non-hydrogen) atoms. The Hall–Kier alpha value is -1.36. The number of ether oxygens (including phenoxy) is 1. The van der Waals surface area contributed by atoms with Crippen molar-refractivity contribution < 1.29 is 71.5 Å². The van der Waals surface area contributed by atoms with Gasteiger partial charge in [-0.25, -0.2) is 9.18 Å². The number of hydrogen-bond acceptors (Lipinski definition) is 5. The molecule has 4 aliphatic rings. The number of carbonyl (C=O) groups is 1. The molecule has 4 rings (SSSR count). The van der Waals surface area contributed by atoms with Crippen LogP contribution in [0.5, 0.6) is 0 Å². The van der Waals surface area contributed by atoms with Gasteiger partial charge in [0, 0.05) is 5.41 Å². The van der Waals surface area contributed by atoms with E-state index in [2.05, 4.69) is 4.74 Å². The van der Waals surface area contributed by atoms with Crippen molar-refractivity contribution in [1.82, 2.24) is 0 Å². The van der Waals surface area contributed by atoms with Crippen LogP contribution in [0.15, 0.2) is 0 Å². The molecule has 0 aromatic heterocycles. The lowest BCUT2D eigenvalue weighted by atomic mass is 9.48. The molecule has 4 fully saturated rings. The summed E-state index contributed by atoms with van der Waals surface area (Å²) in [5.41, 5.74) is -2.51. The fraction of sp³-hybridized carbons (Fsp3) is 0.941. The second-order valence-corrected chi connectivity index (χ2v) is 11.1. The van der Waals surface area contributed by atoms with E-state index in [0.717, 1.165) is 0 Å². The lowest BCUT2D eigenvalue weighted by Crippen LogP contribution is -2.71. The summed E-state index contributed by atoms with van der Waals surface area (Å²) < 4.78 is 169. The number of halogens is 10. The third-order valence-corrected chi connectivity index (χ3v) is 7.96. The van der Waals surface area contributed by atoms with E-state index in [4.69, 9.17) is 4.55 Å². The smallest absolute Gasteiger partial charge is 0.460 e. The molecule has 0 aromatic rings. The van der Waals surface area contributed by atoms with Gasteiger partial charge in [-0.1, -0.05) is 0 Å². The van der Waals surface area contributed by atoms with E-state index in [1.165, 1.54) is 0 Å². The zero-order valence-electron chi connectivity index (χ0n) is 16.8. The lowest BCUT2D eigenvalue weighted by Gasteiger charge is -2.59. The molecule has 0 aromatic carbocycles. The van der Waals surface area contributed by atoms with Crippen molar-refractivity contribution in [2.24, 2.45) is 17.3 Å². The lowest BCUT2D eigenvalue weighted by molar-refractivity contribution is -0.404. The van der Waals surface area contributed by atoms with Crippen molar-refractivity contribution >= 4 is 16.1 Å². The van der Waals surface area contributed by atoms with E-state index >= 15 is 0 Å². The number of esters is 1. The van der Waals surface area contributed by atoms with E-state index in [9.17, 15) is 62.2 Å². The average molecular weight is 540 g/mol. The molecule has 0 aliphatic heterocycles. The molecule has 0 spiro atoms. The minimum absolute atomic E-state index is 0.135. The fourth-order valence-corrected chi connectivity index (χ4v) is 6.58. The Morgan fingerprint density at radius 2 is 1.32 bits per heavy atom. The van der Waals surface area contributed by atoms with Gasteiger partial charge in [-0.2, -0.15) is 47.9 Å². The van der Waals surface area contributed by atoms with Crippen LogP contribution >= 0.6 is 0 Å². The molecule has 4 saturated carbocycles. The van der Waals surface area contributed by atoms with Gasteiger partial charge in [0.15, 0.2) is 0 Å². The zero-order chi connectivity index (χ0) is 26.4. The van der Waals surface area contributed by atoms with Gasteiger partial charge in [0.05, 0.1) is 12.2 Å². The molecular formula is C17H18F10O6S. The van der Waals surface area contributed by atoms with E-state index in [0.29, 0.717) is 19.3 Å². The topological polar surface area (TPSA) is 101 Å². The van der Waals surface area contributed by atoms with Gasteiger partial charge in [0.25, 0.3) is 0 Å². The molecule has 3 unspecified atom stereocenters. The Morgan fingerprint density at radius 3 is 1.71 bits per heavy atom. The second kappa shape index (κ2) is 7.33. The molecule has 198 valence electrons. The van der Waals surface area contributed by atoms with Crippen molar-refractivity contribution in [2.75, 3.05) is 6.61 Å². The molecule has 3 atom stereocenters. The minimum Gasteiger partial charge on any atom is -0.462 e. The van der Waals surface area contributed by atoms with Crippen LogP contribution in [0.2, 0.25) is 0 Å². The number of rotatable bonds is 7. The second-order valence-electron chi connectivity index (χ2n) is 9.55. The number of aliphatic hydroxyl groups is 1. The molecule has 6 nitrogen and oxygen atoms in total. The number of carbonyl (C=O) groups excluding carboxylic acids is 1. The van der Waals surface area contributed by atoms with Gasteiger partial charge < -0.3 is 9.84 Å². The predicted octanol–water partition coefficient (Wildman–Crippen LogP) is 3.88. The maximum Gasteiger partial charge on any atom is 0.460 e. The van der Waals surface area contributed by atoms with Gasteiger partial charge >= 0.3 is 45.0 Å². The first-order valence-electron chi connectivity index (χ1n) is 9.70. The summed E-state index contributed by atoms with van der Waals surface area (Å²) in [7, 11) is -7.42. The fourth-order valence-electron chi connectivity index (χ4n) is 5.85. The van der Waals surface area contributed by atoms with Crippen LogP contribution in [0.4, 0.5) is 43.9 Å². The maximum absolute atomic E-state index is 14.8. The standard InChI is InChI=1S/C17H18F10O6S/c18-13(34(30,31)32,14(19,20)15(21,22)16(23,24)17(25,26)27)10(28)33-7-11-2-8-1-9(3-11)5-12(29,4-8)6-11/h8-9,29H,1-7H2,(H,30,31,32). The van der Waals surface area contributed by atoms with Gasteiger partial charge in [-0.05, 0) is 50.4 Å². The molecule has 0 amide bonds. The first kappa shape index (κ1) is 27.2. The van der Waals surface area contributed by atoms with E-state index < -0.39 is 62.7 Å². The van der Waals surface area contributed by atoms with Crippen LogP contribution in [0.25, 0.3) is 0 Å². The quantitative estimate of drug-likeness (QED) is 0.289. The number of alkyl halides is 10. The van der Waals surface area contributed by atoms with Crippen LogP contribution in [-0.2, 0) is 19.6 Å². The van der Waals surface area contributed by atoms with Crippen molar-refractivity contribution in [3.05, 3.63) is 0 Å². The Bertz CT molecular complexity index is 950. The highest BCUT2D eigenvalue weighted by Gasteiger charge is 2.91. The van der Waals surface area contributed by atoms with E-state index in [1.807, 2.05) is 0 Å². The summed E-state index contributed by atoms with van der Waals surface area (Å²) in [5.74, 6) is -27.0. The molecule has 0 saturated heterocycles. The Morgan fingerprint density at radius 1 is 0.853 bits per heavy atom. The van der Waals surface area contributed by atoms with Gasteiger partial charge in [-0.15, -0.1) is 0 Å². The molecule has 4 aliphatic carbocycles.